The first-order chi connectivity index (χ1) is 12.5. The van der Waals surface area contributed by atoms with Gasteiger partial charge in [0.05, 0.1) is 22.2 Å². The van der Waals surface area contributed by atoms with Crippen LogP contribution < -0.4 is 5.32 Å². The Bertz CT molecular complexity index is 983. The molecule has 1 heterocycles. The van der Waals surface area contributed by atoms with Crippen molar-refractivity contribution in [3.05, 3.63) is 69.2 Å². The molecule has 26 heavy (non-hydrogen) atoms. The molecule has 0 spiro atoms. The lowest BCUT2D eigenvalue weighted by Crippen LogP contribution is -2.12. The van der Waals surface area contributed by atoms with E-state index in [0.29, 0.717) is 26.5 Å². The second-order valence-corrected chi connectivity index (χ2v) is 8.09. The van der Waals surface area contributed by atoms with Crippen LogP contribution in [0.5, 0.6) is 0 Å². The number of carbonyl (C=O) groups is 1. The molecule has 0 saturated heterocycles. The van der Waals surface area contributed by atoms with E-state index in [1.807, 2.05) is 12.1 Å². The van der Waals surface area contributed by atoms with Crippen molar-refractivity contribution < 1.29 is 4.79 Å². The second-order valence-electron chi connectivity index (χ2n) is 5.05. The topological polar surface area (TPSA) is 78.7 Å². The zero-order valence-electron chi connectivity index (χ0n) is 13.1. The predicted molar refractivity (Wildman–Crippen MR) is 105 cm³/mol. The maximum Gasteiger partial charge on any atom is 0.259 e. The van der Waals surface area contributed by atoms with E-state index in [-0.39, 0.29) is 5.56 Å². The number of rotatable bonds is 5. The van der Waals surface area contributed by atoms with Crippen LogP contribution in [0.25, 0.3) is 0 Å². The summed E-state index contributed by atoms with van der Waals surface area (Å²) >= 11 is 14.7. The highest BCUT2D eigenvalue weighted by Crippen LogP contribution is 2.29. The van der Waals surface area contributed by atoms with Crippen LogP contribution in [0.3, 0.4) is 0 Å². The van der Waals surface area contributed by atoms with E-state index >= 15 is 0 Å². The summed E-state index contributed by atoms with van der Waals surface area (Å²) < 4.78 is 0.724. The number of nitrogens with zero attached hydrogens (tertiary/aromatic N) is 3. The molecular formula is C17H10Cl2N4OS2. The fourth-order valence-electron chi connectivity index (χ4n) is 1.98. The van der Waals surface area contributed by atoms with Crippen molar-refractivity contribution in [1.29, 1.82) is 5.26 Å². The molecular weight excluding hydrogens is 411 g/mol. The Morgan fingerprint density at radius 1 is 1.19 bits per heavy atom. The summed E-state index contributed by atoms with van der Waals surface area (Å²) in [6.45, 7) is 0. The molecule has 5 nitrogen and oxygen atoms in total. The van der Waals surface area contributed by atoms with Gasteiger partial charge >= 0.3 is 0 Å². The van der Waals surface area contributed by atoms with Crippen LogP contribution in [0.15, 0.2) is 46.8 Å². The van der Waals surface area contributed by atoms with Gasteiger partial charge in [0.15, 0.2) is 4.34 Å². The molecule has 0 atom stereocenters. The van der Waals surface area contributed by atoms with Gasteiger partial charge in [-0.25, -0.2) is 0 Å². The Morgan fingerprint density at radius 3 is 2.69 bits per heavy atom. The molecule has 0 fully saturated rings. The van der Waals surface area contributed by atoms with Gasteiger partial charge in [-0.1, -0.05) is 58.4 Å². The summed E-state index contributed by atoms with van der Waals surface area (Å²) in [5, 5.41) is 20.6. The number of halogens is 2. The number of benzene rings is 2. The van der Waals surface area contributed by atoms with Crippen molar-refractivity contribution >= 4 is 57.3 Å². The van der Waals surface area contributed by atoms with Gasteiger partial charge in [0, 0.05) is 10.8 Å². The van der Waals surface area contributed by atoms with Gasteiger partial charge in [-0.05, 0) is 35.9 Å². The number of anilines is 1. The third-order valence-corrected chi connectivity index (χ3v) is 5.85. The minimum atomic E-state index is -0.391. The van der Waals surface area contributed by atoms with Gasteiger partial charge in [-0.2, -0.15) is 5.26 Å². The SMILES string of the molecule is N#Cc1ccc(CSc2nnc(NC(=O)c3cc(Cl)ccc3Cl)s2)cc1. The highest BCUT2D eigenvalue weighted by molar-refractivity contribution is 8.00. The normalized spacial score (nSPS) is 10.3. The lowest BCUT2D eigenvalue weighted by Gasteiger charge is -2.03. The quantitative estimate of drug-likeness (QED) is 0.449. The number of aromatic nitrogens is 2. The Kier molecular flexibility index (Phi) is 6.12. The number of hydrogen-bond donors (Lipinski definition) is 1. The van der Waals surface area contributed by atoms with Crippen LogP contribution >= 0.6 is 46.3 Å². The van der Waals surface area contributed by atoms with E-state index in [9.17, 15) is 4.79 Å². The monoisotopic (exact) mass is 420 g/mol. The van der Waals surface area contributed by atoms with E-state index in [2.05, 4.69) is 21.6 Å². The lowest BCUT2D eigenvalue weighted by molar-refractivity contribution is 0.102. The van der Waals surface area contributed by atoms with Crippen LogP contribution in [0.2, 0.25) is 10.0 Å². The minimum absolute atomic E-state index is 0.279. The molecule has 3 rings (SSSR count). The molecule has 0 bridgehead atoms. The molecule has 1 amide bonds. The first-order valence-corrected chi connectivity index (χ1v) is 9.82. The molecule has 0 aliphatic rings. The van der Waals surface area contributed by atoms with Gasteiger partial charge in [0.2, 0.25) is 5.13 Å². The molecule has 0 aliphatic carbocycles. The van der Waals surface area contributed by atoms with Crippen molar-refractivity contribution in [2.24, 2.45) is 0 Å². The fourth-order valence-corrected chi connectivity index (χ4v) is 4.05. The molecule has 0 radical (unpaired) electrons. The first kappa shape index (κ1) is 18.7. The summed E-state index contributed by atoms with van der Waals surface area (Å²) in [6.07, 6.45) is 0. The third kappa shape index (κ3) is 4.74. The van der Waals surface area contributed by atoms with E-state index < -0.39 is 5.91 Å². The van der Waals surface area contributed by atoms with Crippen LogP contribution in [0, 0.1) is 11.3 Å². The third-order valence-electron chi connectivity index (χ3n) is 3.25. The van der Waals surface area contributed by atoms with Crippen LogP contribution in [-0.4, -0.2) is 16.1 Å². The fraction of sp³-hybridized carbons (Fsp3) is 0.0588. The molecule has 3 aromatic rings. The average molecular weight is 421 g/mol. The lowest BCUT2D eigenvalue weighted by atomic mass is 10.2. The van der Waals surface area contributed by atoms with Crippen LogP contribution in [-0.2, 0) is 5.75 Å². The predicted octanol–water partition coefficient (Wildman–Crippen LogP) is 5.26. The molecule has 0 aliphatic heterocycles. The summed E-state index contributed by atoms with van der Waals surface area (Å²) in [4.78, 5) is 12.3. The molecule has 2 aromatic carbocycles. The van der Waals surface area contributed by atoms with Crippen LogP contribution in [0.4, 0.5) is 5.13 Å². The van der Waals surface area contributed by atoms with Gasteiger partial charge in [-0.15, -0.1) is 10.2 Å². The number of nitriles is 1. The second kappa shape index (κ2) is 8.52. The standard InChI is InChI=1S/C17H10Cl2N4OS2/c18-12-5-6-14(19)13(7-12)15(24)21-16-22-23-17(26-16)25-9-11-3-1-10(8-20)2-4-11/h1-7H,9H2,(H,21,22,24). The Balaban J connectivity index is 1.61. The van der Waals surface area contributed by atoms with Crippen molar-refractivity contribution in [1.82, 2.24) is 10.2 Å². The Labute approximate surface area is 168 Å². The molecule has 0 unspecified atom stereocenters. The largest absolute Gasteiger partial charge is 0.296 e. The zero-order chi connectivity index (χ0) is 18.5. The van der Waals surface area contributed by atoms with Crippen molar-refractivity contribution in [2.45, 2.75) is 10.1 Å². The number of thioether (sulfide) groups is 1. The first-order valence-electron chi connectivity index (χ1n) is 7.27. The van der Waals surface area contributed by atoms with Crippen molar-refractivity contribution in [3.8, 4) is 6.07 Å². The van der Waals surface area contributed by atoms with Gasteiger partial charge < -0.3 is 0 Å². The van der Waals surface area contributed by atoms with Crippen molar-refractivity contribution in [2.75, 3.05) is 5.32 Å². The van der Waals surface area contributed by atoms with E-state index in [1.54, 1.807) is 24.3 Å². The molecule has 1 aromatic heterocycles. The maximum absolute atomic E-state index is 12.3. The number of nitrogens with one attached hydrogen (secondary N) is 1. The summed E-state index contributed by atoms with van der Waals surface area (Å²) in [6, 6.07) is 14.1. The van der Waals surface area contributed by atoms with Crippen molar-refractivity contribution in [3.63, 3.8) is 0 Å². The number of carbonyl (C=O) groups excluding carboxylic acids is 1. The maximum atomic E-state index is 12.3. The van der Waals surface area contributed by atoms with Gasteiger partial charge in [-0.3, -0.25) is 10.1 Å². The molecule has 9 heteroatoms. The number of amides is 1. The zero-order valence-corrected chi connectivity index (χ0v) is 16.2. The average Bonchev–Trinajstić information content (AvgIpc) is 3.09. The number of hydrogen-bond acceptors (Lipinski definition) is 6. The summed E-state index contributed by atoms with van der Waals surface area (Å²) in [7, 11) is 0. The Hall–Kier alpha value is -2.11. The summed E-state index contributed by atoms with van der Waals surface area (Å²) in [5.41, 5.74) is 1.97. The van der Waals surface area contributed by atoms with Crippen LogP contribution in [0.1, 0.15) is 21.5 Å². The van der Waals surface area contributed by atoms with Gasteiger partial charge in [0.25, 0.3) is 5.91 Å². The highest BCUT2D eigenvalue weighted by atomic mass is 35.5. The molecule has 0 saturated carbocycles. The minimum Gasteiger partial charge on any atom is -0.296 e. The highest BCUT2D eigenvalue weighted by Gasteiger charge is 2.14. The Morgan fingerprint density at radius 2 is 1.96 bits per heavy atom. The molecule has 1 N–H and O–H groups in total. The molecule has 130 valence electrons. The van der Waals surface area contributed by atoms with Gasteiger partial charge in [0.1, 0.15) is 0 Å². The van der Waals surface area contributed by atoms with E-state index in [0.717, 1.165) is 9.90 Å². The summed E-state index contributed by atoms with van der Waals surface area (Å²) in [5.74, 6) is 0.298. The van der Waals surface area contributed by atoms with E-state index in [4.69, 9.17) is 28.5 Å². The smallest absolute Gasteiger partial charge is 0.259 e. The van der Waals surface area contributed by atoms with E-state index in [1.165, 1.54) is 29.2 Å².